The second-order valence-electron chi connectivity index (χ2n) is 4.07. The van der Waals surface area contributed by atoms with Gasteiger partial charge in [-0.15, -0.1) is 0 Å². The normalized spacial score (nSPS) is 11.5. The number of esters is 1. The molecule has 1 rings (SSSR count). The van der Waals surface area contributed by atoms with Gasteiger partial charge in [0.2, 0.25) is 15.9 Å². The van der Waals surface area contributed by atoms with Crippen molar-refractivity contribution >= 4 is 16.0 Å². The van der Waals surface area contributed by atoms with Crippen LogP contribution in [0.2, 0.25) is 0 Å². The molecule has 0 saturated carbocycles. The predicted octanol–water partition coefficient (Wildman–Crippen LogP) is 0.664. The van der Waals surface area contributed by atoms with Crippen molar-refractivity contribution in [3.8, 4) is 0 Å². The maximum atomic E-state index is 11.6. The number of oxazole rings is 1. The first kappa shape index (κ1) is 15.6. The SMILES string of the molecule is COC(=O)CCCS(=O)(=O)NCc1nc(C)c(C)o1. The van der Waals surface area contributed by atoms with Crippen molar-refractivity contribution in [3.05, 3.63) is 17.3 Å². The number of ether oxygens (including phenoxy) is 1. The van der Waals surface area contributed by atoms with Gasteiger partial charge in [-0.3, -0.25) is 4.79 Å². The second kappa shape index (κ2) is 6.67. The highest BCUT2D eigenvalue weighted by atomic mass is 32.2. The van der Waals surface area contributed by atoms with E-state index in [0.717, 1.165) is 5.69 Å². The summed E-state index contributed by atoms with van der Waals surface area (Å²) in [5.41, 5.74) is 0.736. The molecule has 0 bridgehead atoms. The molecule has 19 heavy (non-hydrogen) atoms. The minimum atomic E-state index is -3.45. The van der Waals surface area contributed by atoms with Crippen molar-refractivity contribution < 1.29 is 22.4 Å². The zero-order chi connectivity index (χ0) is 14.5. The van der Waals surface area contributed by atoms with Crippen molar-refractivity contribution in [1.29, 1.82) is 0 Å². The Bertz CT molecular complexity index is 516. The van der Waals surface area contributed by atoms with Gasteiger partial charge in [-0.05, 0) is 20.3 Å². The topological polar surface area (TPSA) is 98.5 Å². The third-order valence-electron chi connectivity index (χ3n) is 2.54. The van der Waals surface area contributed by atoms with Crippen LogP contribution in [0, 0.1) is 13.8 Å². The Morgan fingerprint density at radius 1 is 1.42 bits per heavy atom. The number of methoxy groups -OCH3 is 1. The van der Waals surface area contributed by atoms with Gasteiger partial charge >= 0.3 is 5.97 Å². The van der Waals surface area contributed by atoms with E-state index in [1.165, 1.54) is 7.11 Å². The van der Waals surface area contributed by atoms with Gasteiger partial charge < -0.3 is 9.15 Å². The van der Waals surface area contributed by atoms with E-state index < -0.39 is 16.0 Å². The minimum Gasteiger partial charge on any atom is -0.469 e. The molecule has 0 amide bonds. The standard InChI is InChI=1S/C11H18N2O5S/c1-8-9(2)18-10(13-8)7-12-19(15,16)6-4-5-11(14)17-3/h12H,4-7H2,1-3H3. The zero-order valence-electron chi connectivity index (χ0n) is 11.2. The lowest BCUT2D eigenvalue weighted by molar-refractivity contribution is -0.140. The molecule has 0 aromatic carbocycles. The number of rotatable bonds is 7. The average Bonchev–Trinajstić information content (AvgIpc) is 2.66. The van der Waals surface area contributed by atoms with Crippen LogP contribution >= 0.6 is 0 Å². The molecule has 1 heterocycles. The Morgan fingerprint density at radius 3 is 2.63 bits per heavy atom. The quantitative estimate of drug-likeness (QED) is 0.741. The maximum Gasteiger partial charge on any atom is 0.305 e. The molecule has 108 valence electrons. The molecule has 8 heteroatoms. The fourth-order valence-corrected chi connectivity index (χ4v) is 2.38. The zero-order valence-corrected chi connectivity index (χ0v) is 12.0. The lowest BCUT2D eigenvalue weighted by Crippen LogP contribution is -2.26. The van der Waals surface area contributed by atoms with Crippen molar-refractivity contribution in [1.82, 2.24) is 9.71 Å². The van der Waals surface area contributed by atoms with Gasteiger partial charge in [-0.1, -0.05) is 0 Å². The molecule has 0 radical (unpaired) electrons. The Balaban J connectivity index is 2.40. The first-order chi connectivity index (χ1) is 8.84. The van der Waals surface area contributed by atoms with E-state index >= 15 is 0 Å². The number of nitrogens with one attached hydrogen (secondary N) is 1. The van der Waals surface area contributed by atoms with Crippen LogP contribution in [0.15, 0.2) is 4.42 Å². The molecular weight excluding hydrogens is 272 g/mol. The van der Waals surface area contributed by atoms with Gasteiger partial charge in [-0.25, -0.2) is 18.1 Å². The van der Waals surface area contributed by atoms with E-state index in [1.807, 2.05) is 0 Å². The number of aromatic nitrogens is 1. The summed E-state index contributed by atoms with van der Waals surface area (Å²) in [7, 11) is -2.18. The van der Waals surface area contributed by atoms with Crippen LogP contribution in [0.25, 0.3) is 0 Å². The molecule has 0 spiro atoms. The van der Waals surface area contributed by atoms with E-state index in [9.17, 15) is 13.2 Å². The molecule has 1 aromatic heterocycles. The molecule has 0 saturated heterocycles. The van der Waals surface area contributed by atoms with Gasteiger partial charge in [0.25, 0.3) is 0 Å². The van der Waals surface area contributed by atoms with Crippen LogP contribution < -0.4 is 4.72 Å². The van der Waals surface area contributed by atoms with Crippen molar-refractivity contribution in [2.24, 2.45) is 0 Å². The van der Waals surface area contributed by atoms with E-state index in [-0.39, 0.29) is 25.1 Å². The number of nitrogens with zero attached hydrogens (tertiary/aromatic N) is 1. The van der Waals surface area contributed by atoms with Gasteiger partial charge in [-0.2, -0.15) is 0 Å². The summed E-state index contributed by atoms with van der Waals surface area (Å²) < 4.78 is 35.3. The summed E-state index contributed by atoms with van der Waals surface area (Å²) in [4.78, 5) is 14.9. The summed E-state index contributed by atoms with van der Waals surface area (Å²) in [6, 6.07) is 0. The molecule has 0 fully saturated rings. The number of sulfonamides is 1. The highest BCUT2D eigenvalue weighted by Crippen LogP contribution is 2.08. The number of hydrogen-bond donors (Lipinski definition) is 1. The van der Waals surface area contributed by atoms with E-state index in [0.29, 0.717) is 11.7 Å². The number of aryl methyl sites for hydroxylation is 2. The van der Waals surface area contributed by atoms with Gasteiger partial charge in [0.15, 0.2) is 0 Å². The summed E-state index contributed by atoms with van der Waals surface area (Å²) in [5, 5.41) is 0. The molecule has 0 aliphatic rings. The molecular formula is C11H18N2O5S. The van der Waals surface area contributed by atoms with E-state index in [4.69, 9.17) is 4.42 Å². The molecule has 0 atom stereocenters. The van der Waals surface area contributed by atoms with Gasteiger partial charge in [0, 0.05) is 6.42 Å². The monoisotopic (exact) mass is 290 g/mol. The Morgan fingerprint density at radius 2 is 2.11 bits per heavy atom. The molecule has 7 nitrogen and oxygen atoms in total. The minimum absolute atomic E-state index is 0.00916. The largest absolute Gasteiger partial charge is 0.469 e. The Hall–Kier alpha value is -1.41. The molecule has 0 aliphatic carbocycles. The second-order valence-corrected chi connectivity index (χ2v) is 6.00. The van der Waals surface area contributed by atoms with E-state index in [1.54, 1.807) is 13.8 Å². The van der Waals surface area contributed by atoms with Crippen molar-refractivity contribution in [2.75, 3.05) is 12.9 Å². The van der Waals surface area contributed by atoms with Crippen LogP contribution in [-0.4, -0.2) is 32.2 Å². The Labute approximate surface area is 112 Å². The van der Waals surface area contributed by atoms with Crippen LogP contribution in [-0.2, 0) is 26.1 Å². The highest BCUT2D eigenvalue weighted by Gasteiger charge is 2.13. The van der Waals surface area contributed by atoms with Crippen LogP contribution in [0.4, 0.5) is 0 Å². The fourth-order valence-electron chi connectivity index (χ4n) is 1.37. The Kier molecular flexibility index (Phi) is 5.49. The lowest BCUT2D eigenvalue weighted by atomic mass is 10.3. The third-order valence-corrected chi connectivity index (χ3v) is 3.95. The van der Waals surface area contributed by atoms with E-state index in [2.05, 4.69) is 14.4 Å². The molecule has 1 N–H and O–H groups in total. The number of carbonyl (C=O) groups is 1. The molecule has 0 aliphatic heterocycles. The third kappa shape index (κ3) is 5.39. The molecule has 0 unspecified atom stereocenters. The van der Waals surface area contributed by atoms with Gasteiger partial charge in [0.05, 0.1) is 25.1 Å². The van der Waals surface area contributed by atoms with Gasteiger partial charge in [0.1, 0.15) is 5.76 Å². The van der Waals surface area contributed by atoms with Crippen molar-refractivity contribution in [3.63, 3.8) is 0 Å². The summed E-state index contributed by atoms with van der Waals surface area (Å²) in [6.07, 6.45) is 0.292. The van der Waals surface area contributed by atoms with Crippen molar-refractivity contribution in [2.45, 2.75) is 33.2 Å². The summed E-state index contributed by atoms with van der Waals surface area (Å²) >= 11 is 0. The average molecular weight is 290 g/mol. The summed E-state index contributed by atoms with van der Waals surface area (Å²) in [5.74, 6) is 0.432. The smallest absolute Gasteiger partial charge is 0.305 e. The lowest BCUT2D eigenvalue weighted by Gasteiger charge is -2.04. The molecule has 1 aromatic rings. The first-order valence-corrected chi connectivity index (χ1v) is 7.46. The van der Waals surface area contributed by atoms with Crippen LogP contribution in [0.5, 0.6) is 0 Å². The maximum absolute atomic E-state index is 11.6. The predicted molar refractivity (Wildman–Crippen MR) is 67.9 cm³/mol. The number of hydrogen-bond acceptors (Lipinski definition) is 6. The summed E-state index contributed by atoms with van der Waals surface area (Å²) in [6.45, 7) is 3.55. The first-order valence-electron chi connectivity index (χ1n) is 5.81. The number of carbonyl (C=O) groups excluding carboxylic acids is 1. The fraction of sp³-hybridized carbons (Fsp3) is 0.636. The van der Waals surface area contributed by atoms with Crippen LogP contribution in [0.3, 0.4) is 0 Å². The highest BCUT2D eigenvalue weighted by molar-refractivity contribution is 7.89. The van der Waals surface area contributed by atoms with Crippen LogP contribution in [0.1, 0.15) is 30.2 Å².